The molecule has 80 valence electrons. The highest BCUT2D eigenvalue weighted by molar-refractivity contribution is 5.98. The second kappa shape index (κ2) is 5.50. The predicted molar refractivity (Wildman–Crippen MR) is 67.5 cm³/mol. The van der Waals surface area contributed by atoms with Gasteiger partial charge in [0.05, 0.1) is 0 Å². The number of hydrogen-bond donors (Lipinski definition) is 0. The first-order chi connectivity index (χ1) is 7.09. The summed E-state index contributed by atoms with van der Waals surface area (Å²) in [6, 6.07) is 10.7. The summed E-state index contributed by atoms with van der Waals surface area (Å²) in [5.74, 6) is 0. The van der Waals surface area contributed by atoms with Gasteiger partial charge >= 0.3 is 0 Å². The van der Waals surface area contributed by atoms with E-state index in [0.717, 1.165) is 17.7 Å². The summed E-state index contributed by atoms with van der Waals surface area (Å²) in [7, 11) is 0. The van der Waals surface area contributed by atoms with E-state index in [4.69, 9.17) is 0 Å². The molecule has 0 fully saturated rings. The van der Waals surface area contributed by atoms with E-state index in [-0.39, 0.29) is 0 Å². The zero-order chi connectivity index (χ0) is 11.3. The van der Waals surface area contributed by atoms with Gasteiger partial charge in [-0.3, -0.25) is 4.99 Å². The molecule has 0 radical (unpaired) electrons. The fourth-order valence-corrected chi connectivity index (χ4v) is 1.45. The van der Waals surface area contributed by atoms with E-state index >= 15 is 0 Å². The van der Waals surface area contributed by atoms with E-state index in [1.165, 1.54) is 5.56 Å². The van der Waals surface area contributed by atoms with Crippen LogP contribution in [0.25, 0.3) is 0 Å². The first kappa shape index (κ1) is 11.7. The average molecular weight is 201 g/mol. The van der Waals surface area contributed by atoms with Crippen LogP contribution in [0.5, 0.6) is 0 Å². The van der Waals surface area contributed by atoms with Gasteiger partial charge in [-0.05, 0) is 38.3 Å². The highest BCUT2D eigenvalue weighted by atomic mass is 14.8. The van der Waals surface area contributed by atoms with Crippen LogP contribution < -0.4 is 0 Å². The van der Waals surface area contributed by atoms with E-state index in [9.17, 15) is 0 Å². The lowest BCUT2D eigenvalue weighted by molar-refractivity contribution is 0.834. The van der Waals surface area contributed by atoms with Crippen molar-refractivity contribution in [1.29, 1.82) is 0 Å². The SMILES string of the molecule is C=C(Cc1ccccc1)C(C)=NC(C)C. The zero-order valence-electron chi connectivity index (χ0n) is 9.83. The molecule has 0 spiro atoms. The Labute approximate surface area is 92.6 Å². The minimum atomic E-state index is 0.345. The molecule has 0 amide bonds. The zero-order valence-corrected chi connectivity index (χ0v) is 9.83. The van der Waals surface area contributed by atoms with Crippen LogP contribution in [-0.2, 0) is 6.42 Å². The Kier molecular flexibility index (Phi) is 4.29. The smallest absolute Gasteiger partial charge is 0.0446 e. The second-order valence-electron chi connectivity index (χ2n) is 4.07. The van der Waals surface area contributed by atoms with Crippen molar-refractivity contribution in [3.8, 4) is 0 Å². The van der Waals surface area contributed by atoms with Crippen LogP contribution in [0.1, 0.15) is 26.3 Å². The van der Waals surface area contributed by atoms with Gasteiger partial charge in [-0.25, -0.2) is 0 Å². The molecule has 0 N–H and O–H groups in total. The van der Waals surface area contributed by atoms with Gasteiger partial charge in [-0.15, -0.1) is 0 Å². The molecule has 15 heavy (non-hydrogen) atoms. The molecule has 0 aliphatic carbocycles. The highest BCUT2D eigenvalue weighted by Gasteiger charge is 2.01. The largest absolute Gasteiger partial charge is 0.287 e. The third-order valence-corrected chi connectivity index (χ3v) is 2.22. The van der Waals surface area contributed by atoms with Crippen LogP contribution in [0.15, 0.2) is 47.5 Å². The lowest BCUT2D eigenvalue weighted by Crippen LogP contribution is -2.03. The van der Waals surface area contributed by atoms with E-state index in [2.05, 4.69) is 49.7 Å². The molecule has 0 atom stereocenters. The third kappa shape index (κ3) is 4.11. The molecule has 0 aliphatic heterocycles. The molecule has 0 unspecified atom stereocenters. The topological polar surface area (TPSA) is 12.4 Å². The second-order valence-corrected chi connectivity index (χ2v) is 4.07. The molecule has 0 saturated carbocycles. The molecule has 1 nitrogen and oxygen atoms in total. The molecule has 0 bridgehead atoms. The molecule has 0 saturated heterocycles. The van der Waals surface area contributed by atoms with Crippen LogP contribution in [0.2, 0.25) is 0 Å². The number of benzene rings is 1. The maximum atomic E-state index is 4.49. The van der Waals surface area contributed by atoms with Crippen LogP contribution in [-0.4, -0.2) is 11.8 Å². The van der Waals surface area contributed by atoms with Crippen molar-refractivity contribution >= 4 is 5.71 Å². The van der Waals surface area contributed by atoms with Crippen LogP contribution >= 0.6 is 0 Å². The Hall–Kier alpha value is -1.37. The molecule has 0 heterocycles. The molecular weight excluding hydrogens is 182 g/mol. The molecule has 1 aromatic rings. The van der Waals surface area contributed by atoms with Gasteiger partial charge in [0.2, 0.25) is 0 Å². The van der Waals surface area contributed by atoms with Crippen LogP contribution in [0.4, 0.5) is 0 Å². The summed E-state index contributed by atoms with van der Waals surface area (Å²) in [6.07, 6.45) is 0.892. The van der Waals surface area contributed by atoms with Gasteiger partial charge in [0.25, 0.3) is 0 Å². The van der Waals surface area contributed by atoms with Gasteiger partial charge in [-0.1, -0.05) is 36.9 Å². The summed E-state index contributed by atoms with van der Waals surface area (Å²) >= 11 is 0. The third-order valence-electron chi connectivity index (χ3n) is 2.22. The van der Waals surface area contributed by atoms with Crippen molar-refractivity contribution in [3.05, 3.63) is 48.0 Å². The van der Waals surface area contributed by atoms with E-state index in [1.807, 2.05) is 13.0 Å². The number of allylic oxidation sites excluding steroid dienone is 1. The lowest BCUT2D eigenvalue weighted by Gasteiger charge is -2.07. The first-order valence-electron chi connectivity index (χ1n) is 5.36. The molecule has 1 heteroatoms. The number of nitrogens with zero attached hydrogens (tertiary/aromatic N) is 1. The monoisotopic (exact) mass is 201 g/mol. The van der Waals surface area contributed by atoms with Gasteiger partial charge in [0.15, 0.2) is 0 Å². The highest BCUT2D eigenvalue weighted by Crippen LogP contribution is 2.08. The summed E-state index contributed by atoms with van der Waals surface area (Å²) in [4.78, 5) is 4.49. The van der Waals surface area contributed by atoms with E-state index < -0.39 is 0 Å². The quantitative estimate of drug-likeness (QED) is 0.659. The van der Waals surface area contributed by atoms with Crippen molar-refractivity contribution in [2.75, 3.05) is 0 Å². The van der Waals surface area contributed by atoms with Crippen LogP contribution in [0, 0.1) is 0 Å². The van der Waals surface area contributed by atoms with Crippen molar-refractivity contribution in [2.24, 2.45) is 4.99 Å². The summed E-state index contributed by atoms with van der Waals surface area (Å²) in [5.41, 5.74) is 3.46. The van der Waals surface area contributed by atoms with E-state index in [0.29, 0.717) is 6.04 Å². The summed E-state index contributed by atoms with van der Waals surface area (Å²) in [5, 5.41) is 0. The van der Waals surface area contributed by atoms with Crippen molar-refractivity contribution in [2.45, 2.75) is 33.2 Å². The maximum absolute atomic E-state index is 4.49. The Morgan fingerprint density at radius 3 is 2.40 bits per heavy atom. The number of aliphatic imine (C=N–C) groups is 1. The minimum absolute atomic E-state index is 0.345. The minimum Gasteiger partial charge on any atom is -0.287 e. The lowest BCUT2D eigenvalue weighted by atomic mass is 10.0. The van der Waals surface area contributed by atoms with Crippen molar-refractivity contribution in [3.63, 3.8) is 0 Å². The molecule has 1 rings (SSSR count). The number of rotatable bonds is 4. The van der Waals surface area contributed by atoms with Crippen LogP contribution in [0.3, 0.4) is 0 Å². The first-order valence-corrected chi connectivity index (χ1v) is 5.36. The average Bonchev–Trinajstić information content (AvgIpc) is 2.18. The Balaban J connectivity index is 2.64. The Morgan fingerprint density at radius 2 is 1.87 bits per heavy atom. The van der Waals surface area contributed by atoms with Gasteiger partial charge in [0, 0.05) is 11.8 Å². The molecular formula is C14H19N. The molecule has 1 aromatic carbocycles. The fraction of sp³-hybridized carbons (Fsp3) is 0.357. The fourth-order valence-electron chi connectivity index (χ4n) is 1.45. The Bertz CT molecular complexity index is 347. The Morgan fingerprint density at radius 1 is 1.27 bits per heavy atom. The van der Waals surface area contributed by atoms with Gasteiger partial charge in [0.1, 0.15) is 0 Å². The normalized spacial score (nSPS) is 11.9. The van der Waals surface area contributed by atoms with Gasteiger partial charge in [-0.2, -0.15) is 0 Å². The van der Waals surface area contributed by atoms with E-state index in [1.54, 1.807) is 0 Å². The molecule has 0 aromatic heterocycles. The van der Waals surface area contributed by atoms with Crippen molar-refractivity contribution in [1.82, 2.24) is 0 Å². The molecule has 0 aliphatic rings. The maximum Gasteiger partial charge on any atom is 0.0446 e. The standard InChI is InChI=1S/C14H19N/c1-11(2)15-13(4)12(3)10-14-8-6-5-7-9-14/h5-9,11H,3,10H2,1-2,4H3. The van der Waals surface area contributed by atoms with Gasteiger partial charge < -0.3 is 0 Å². The number of hydrogen-bond acceptors (Lipinski definition) is 1. The summed E-state index contributed by atoms with van der Waals surface area (Å²) in [6.45, 7) is 10.3. The van der Waals surface area contributed by atoms with Crippen molar-refractivity contribution < 1.29 is 0 Å². The predicted octanol–water partition coefficient (Wildman–Crippen LogP) is 3.65. The summed E-state index contributed by atoms with van der Waals surface area (Å²) < 4.78 is 0.